The van der Waals surface area contributed by atoms with E-state index in [4.69, 9.17) is 0 Å². The molecule has 1 aromatic rings. The third kappa shape index (κ3) is 2.82. The van der Waals surface area contributed by atoms with Gasteiger partial charge in [-0.05, 0) is 43.4 Å². The number of nitrogens with one attached hydrogen (secondary N) is 2. The van der Waals surface area contributed by atoms with Gasteiger partial charge < -0.3 is 10.6 Å². The molecule has 20 heavy (non-hydrogen) atoms. The summed E-state index contributed by atoms with van der Waals surface area (Å²) in [7, 11) is 0. The van der Waals surface area contributed by atoms with Crippen molar-refractivity contribution < 1.29 is 13.6 Å². The number of hydrogen-bond donors (Lipinski definition) is 2. The van der Waals surface area contributed by atoms with E-state index < -0.39 is 11.6 Å². The van der Waals surface area contributed by atoms with Crippen molar-refractivity contribution in [3.63, 3.8) is 0 Å². The van der Waals surface area contributed by atoms with Gasteiger partial charge in [0.15, 0.2) is 0 Å². The molecule has 1 saturated heterocycles. The van der Waals surface area contributed by atoms with E-state index in [2.05, 4.69) is 10.6 Å². The Kier molecular flexibility index (Phi) is 3.46. The molecule has 1 atom stereocenters. The zero-order valence-electron chi connectivity index (χ0n) is 11.2. The first-order valence-electron chi connectivity index (χ1n) is 7.08. The molecular weight excluding hydrogens is 262 g/mol. The molecule has 1 heterocycles. The topological polar surface area (TPSA) is 41.1 Å². The quantitative estimate of drug-likeness (QED) is 0.891. The summed E-state index contributed by atoms with van der Waals surface area (Å²) < 4.78 is 26.7. The molecule has 1 saturated carbocycles. The summed E-state index contributed by atoms with van der Waals surface area (Å²) in [6.07, 6.45) is 3.89. The lowest BCUT2D eigenvalue weighted by Gasteiger charge is -2.25. The van der Waals surface area contributed by atoms with Crippen LogP contribution in [0.1, 0.15) is 37.7 Å². The van der Waals surface area contributed by atoms with E-state index in [1.807, 2.05) is 0 Å². The molecule has 3 nitrogen and oxygen atoms in total. The number of hydrogen-bond acceptors (Lipinski definition) is 2. The number of rotatable bonds is 3. The highest BCUT2D eigenvalue weighted by Crippen LogP contribution is 2.46. The second-order valence-corrected chi connectivity index (χ2v) is 5.76. The minimum Gasteiger partial charge on any atom is -0.356 e. The van der Waals surface area contributed by atoms with E-state index in [-0.39, 0.29) is 17.5 Å². The molecule has 1 aliphatic heterocycles. The summed E-state index contributed by atoms with van der Waals surface area (Å²) in [4.78, 5) is 11.3. The van der Waals surface area contributed by atoms with Gasteiger partial charge in [-0.3, -0.25) is 4.79 Å². The van der Waals surface area contributed by atoms with Crippen LogP contribution in [0.4, 0.5) is 8.78 Å². The Hall–Kier alpha value is -1.49. The average molecular weight is 280 g/mol. The fourth-order valence-corrected chi connectivity index (χ4v) is 2.93. The van der Waals surface area contributed by atoms with E-state index in [1.165, 1.54) is 12.1 Å². The average Bonchev–Trinajstić information content (AvgIpc) is 3.17. The SMILES string of the molecule is O=C1CCC(NC2(c3cc(F)cc(F)c3)CC2)CCN1. The van der Waals surface area contributed by atoms with Crippen molar-refractivity contribution in [3.8, 4) is 0 Å². The van der Waals surface area contributed by atoms with Crippen molar-refractivity contribution in [1.29, 1.82) is 0 Å². The summed E-state index contributed by atoms with van der Waals surface area (Å²) in [5.74, 6) is -0.993. The fourth-order valence-electron chi connectivity index (χ4n) is 2.93. The number of carbonyl (C=O) groups is 1. The molecule has 0 spiro atoms. The monoisotopic (exact) mass is 280 g/mol. The maximum atomic E-state index is 13.4. The minimum atomic E-state index is -0.536. The van der Waals surface area contributed by atoms with Crippen LogP contribution in [0.25, 0.3) is 0 Å². The van der Waals surface area contributed by atoms with Crippen molar-refractivity contribution in [2.45, 2.75) is 43.7 Å². The van der Waals surface area contributed by atoms with Gasteiger partial charge in [-0.2, -0.15) is 0 Å². The van der Waals surface area contributed by atoms with Crippen LogP contribution in [0, 0.1) is 11.6 Å². The van der Waals surface area contributed by atoms with E-state index in [0.29, 0.717) is 18.5 Å². The molecule has 1 amide bonds. The zero-order valence-corrected chi connectivity index (χ0v) is 11.2. The Bertz CT molecular complexity index is 508. The van der Waals surface area contributed by atoms with Gasteiger partial charge in [-0.25, -0.2) is 8.78 Å². The largest absolute Gasteiger partial charge is 0.356 e. The highest BCUT2D eigenvalue weighted by molar-refractivity contribution is 5.76. The van der Waals surface area contributed by atoms with E-state index in [0.717, 1.165) is 31.7 Å². The first-order chi connectivity index (χ1) is 9.57. The molecule has 3 rings (SSSR count). The van der Waals surface area contributed by atoms with Crippen molar-refractivity contribution in [1.82, 2.24) is 10.6 Å². The number of halogens is 2. The predicted octanol–water partition coefficient (Wildman–Crippen LogP) is 2.21. The fraction of sp³-hybridized carbons (Fsp3) is 0.533. The molecule has 1 aliphatic carbocycles. The summed E-state index contributed by atoms with van der Waals surface area (Å²) in [5.41, 5.74) is 0.375. The summed E-state index contributed by atoms with van der Waals surface area (Å²) in [5, 5.41) is 6.35. The van der Waals surface area contributed by atoms with Crippen LogP contribution >= 0.6 is 0 Å². The van der Waals surface area contributed by atoms with Crippen molar-refractivity contribution in [2.24, 2.45) is 0 Å². The van der Waals surface area contributed by atoms with Gasteiger partial charge in [-0.15, -0.1) is 0 Å². The van der Waals surface area contributed by atoms with Crippen molar-refractivity contribution >= 4 is 5.91 Å². The molecule has 5 heteroatoms. The van der Waals surface area contributed by atoms with Gasteiger partial charge in [0.2, 0.25) is 5.91 Å². The predicted molar refractivity (Wildman–Crippen MR) is 71.1 cm³/mol. The molecule has 1 aromatic carbocycles. The first-order valence-corrected chi connectivity index (χ1v) is 7.08. The van der Waals surface area contributed by atoms with Gasteiger partial charge in [0, 0.05) is 30.6 Å². The van der Waals surface area contributed by atoms with Gasteiger partial charge in [0.25, 0.3) is 0 Å². The number of amides is 1. The Balaban J connectivity index is 1.74. The van der Waals surface area contributed by atoms with E-state index in [9.17, 15) is 13.6 Å². The highest BCUT2D eigenvalue weighted by atomic mass is 19.1. The molecule has 2 fully saturated rings. The van der Waals surface area contributed by atoms with Crippen LogP contribution in [-0.2, 0) is 10.3 Å². The minimum absolute atomic E-state index is 0.0796. The normalized spacial score (nSPS) is 24.9. The van der Waals surface area contributed by atoms with Crippen LogP contribution in [0.5, 0.6) is 0 Å². The molecular formula is C15H18F2N2O. The standard InChI is InChI=1S/C15H18F2N2O/c16-11-7-10(8-12(17)9-11)15(4-5-15)19-13-1-2-14(20)18-6-3-13/h7-9,13,19H,1-6H2,(H,18,20). The highest BCUT2D eigenvalue weighted by Gasteiger charge is 2.45. The van der Waals surface area contributed by atoms with E-state index >= 15 is 0 Å². The van der Waals surface area contributed by atoms with Crippen molar-refractivity contribution in [2.75, 3.05) is 6.54 Å². The molecule has 0 aromatic heterocycles. The third-order valence-corrected chi connectivity index (χ3v) is 4.18. The Morgan fingerprint density at radius 3 is 2.50 bits per heavy atom. The zero-order chi connectivity index (χ0) is 14.2. The maximum Gasteiger partial charge on any atom is 0.220 e. The summed E-state index contributed by atoms with van der Waals surface area (Å²) in [6, 6.07) is 3.92. The van der Waals surface area contributed by atoms with Crippen molar-refractivity contribution in [3.05, 3.63) is 35.4 Å². The molecule has 0 bridgehead atoms. The molecule has 1 unspecified atom stereocenters. The second-order valence-electron chi connectivity index (χ2n) is 5.76. The summed E-state index contributed by atoms with van der Waals surface area (Å²) in [6.45, 7) is 0.657. The summed E-state index contributed by atoms with van der Waals surface area (Å²) >= 11 is 0. The lowest BCUT2D eigenvalue weighted by Crippen LogP contribution is -2.39. The van der Waals surface area contributed by atoms with Crippen LogP contribution in [0.2, 0.25) is 0 Å². The second kappa shape index (κ2) is 5.13. The Morgan fingerprint density at radius 2 is 1.85 bits per heavy atom. The van der Waals surface area contributed by atoms with Gasteiger partial charge >= 0.3 is 0 Å². The first kappa shape index (κ1) is 13.5. The number of carbonyl (C=O) groups excluding carboxylic acids is 1. The molecule has 2 N–H and O–H groups in total. The van der Waals surface area contributed by atoms with E-state index in [1.54, 1.807) is 0 Å². The maximum absolute atomic E-state index is 13.4. The lowest BCUT2D eigenvalue weighted by atomic mass is 10.0. The number of benzene rings is 1. The molecule has 2 aliphatic rings. The third-order valence-electron chi connectivity index (χ3n) is 4.18. The Labute approximate surface area is 116 Å². The van der Waals surface area contributed by atoms with Crippen LogP contribution in [-0.4, -0.2) is 18.5 Å². The smallest absolute Gasteiger partial charge is 0.220 e. The molecule has 0 radical (unpaired) electrons. The Morgan fingerprint density at radius 1 is 1.15 bits per heavy atom. The molecule has 108 valence electrons. The van der Waals surface area contributed by atoms with Crippen LogP contribution < -0.4 is 10.6 Å². The van der Waals surface area contributed by atoms with Crippen LogP contribution in [0.15, 0.2) is 18.2 Å². The van der Waals surface area contributed by atoms with Gasteiger partial charge in [0.1, 0.15) is 11.6 Å². The lowest BCUT2D eigenvalue weighted by molar-refractivity contribution is -0.120. The van der Waals surface area contributed by atoms with Crippen LogP contribution in [0.3, 0.4) is 0 Å². The van der Waals surface area contributed by atoms with Gasteiger partial charge in [-0.1, -0.05) is 0 Å². The van der Waals surface area contributed by atoms with Gasteiger partial charge in [0.05, 0.1) is 0 Å².